The van der Waals surface area contributed by atoms with Crippen molar-refractivity contribution < 1.29 is 0 Å². The highest BCUT2D eigenvalue weighted by molar-refractivity contribution is 5.82. The van der Waals surface area contributed by atoms with Crippen LogP contribution in [0.3, 0.4) is 0 Å². The summed E-state index contributed by atoms with van der Waals surface area (Å²) >= 11 is 0. The molecule has 2 heterocycles. The third-order valence-electron chi connectivity index (χ3n) is 2.12. The average molecular weight is 186 g/mol. The number of hydrogen-bond acceptors (Lipinski definition) is 3. The molecule has 4 heteroatoms. The molecule has 70 valence electrons. The van der Waals surface area contributed by atoms with E-state index >= 15 is 0 Å². The molecular weight excluding hydrogens is 176 g/mol. The monoisotopic (exact) mass is 186 g/mol. The van der Waals surface area contributed by atoms with Crippen LogP contribution in [0, 0.1) is 11.3 Å². The third kappa shape index (κ3) is 1.23. The van der Waals surface area contributed by atoms with Crippen LogP contribution in [0.5, 0.6) is 0 Å². The molecule has 0 amide bonds. The van der Waals surface area contributed by atoms with Crippen molar-refractivity contribution in [3.05, 3.63) is 24.3 Å². The Morgan fingerprint density at radius 1 is 1.57 bits per heavy atom. The van der Waals surface area contributed by atoms with Gasteiger partial charge in [-0.1, -0.05) is 6.92 Å². The predicted octanol–water partition coefficient (Wildman–Crippen LogP) is 1.71. The fourth-order valence-electron chi connectivity index (χ4n) is 1.53. The molecule has 0 spiro atoms. The first-order valence-electron chi connectivity index (χ1n) is 4.55. The van der Waals surface area contributed by atoms with E-state index in [1.807, 2.05) is 10.8 Å². The minimum absolute atomic E-state index is 0.647. The quantitative estimate of drug-likeness (QED) is 0.717. The lowest BCUT2D eigenvalue weighted by Gasteiger charge is -1.99. The van der Waals surface area contributed by atoms with E-state index in [1.165, 1.54) is 6.33 Å². The lowest BCUT2D eigenvalue weighted by Crippen LogP contribution is -1.95. The van der Waals surface area contributed by atoms with Crippen molar-refractivity contribution in [3.8, 4) is 6.07 Å². The van der Waals surface area contributed by atoms with Crippen molar-refractivity contribution in [2.75, 3.05) is 0 Å². The maximum Gasteiger partial charge on any atom is 0.144 e. The van der Waals surface area contributed by atoms with Gasteiger partial charge in [-0.15, -0.1) is 0 Å². The molecule has 0 aliphatic rings. The lowest BCUT2D eigenvalue weighted by atomic mass is 10.3. The Bertz CT molecular complexity index is 492. The average Bonchev–Trinajstić information content (AvgIpc) is 2.58. The van der Waals surface area contributed by atoms with Crippen LogP contribution in [0.15, 0.2) is 18.7 Å². The Morgan fingerprint density at radius 2 is 2.43 bits per heavy atom. The van der Waals surface area contributed by atoms with Crippen LogP contribution >= 0.6 is 0 Å². The SMILES string of the molecule is CCCn1cc(C#N)c2cncnc21. The number of hydrogen-bond donors (Lipinski definition) is 0. The van der Waals surface area contributed by atoms with Gasteiger partial charge in [-0.05, 0) is 6.42 Å². The molecule has 0 unspecified atom stereocenters. The first kappa shape index (κ1) is 8.70. The molecule has 0 atom stereocenters. The molecule has 0 saturated heterocycles. The van der Waals surface area contributed by atoms with Gasteiger partial charge in [-0.3, -0.25) is 0 Å². The highest BCUT2D eigenvalue weighted by Gasteiger charge is 2.07. The Balaban J connectivity index is 2.68. The number of fused-ring (bicyclic) bond motifs is 1. The second kappa shape index (κ2) is 3.46. The van der Waals surface area contributed by atoms with E-state index in [9.17, 15) is 0 Å². The second-order valence-electron chi connectivity index (χ2n) is 3.11. The molecule has 0 fully saturated rings. The summed E-state index contributed by atoms with van der Waals surface area (Å²) < 4.78 is 2.00. The van der Waals surface area contributed by atoms with E-state index in [2.05, 4.69) is 23.0 Å². The first-order chi connectivity index (χ1) is 6.86. The van der Waals surface area contributed by atoms with Crippen LogP contribution in [0.2, 0.25) is 0 Å². The molecule has 0 bridgehead atoms. The van der Waals surface area contributed by atoms with Crippen molar-refractivity contribution in [2.45, 2.75) is 19.9 Å². The summed E-state index contributed by atoms with van der Waals surface area (Å²) in [5.74, 6) is 0. The van der Waals surface area contributed by atoms with Crippen LogP contribution < -0.4 is 0 Å². The Hall–Kier alpha value is -1.89. The second-order valence-corrected chi connectivity index (χ2v) is 3.11. The van der Waals surface area contributed by atoms with Crippen molar-refractivity contribution in [2.24, 2.45) is 0 Å². The standard InChI is InChI=1S/C10H10N4/c1-2-3-14-6-8(4-11)9-5-12-7-13-10(9)14/h5-7H,2-3H2,1H3. The summed E-state index contributed by atoms with van der Waals surface area (Å²) in [6, 6.07) is 2.15. The van der Waals surface area contributed by atoms with Gasteiger partial charge in [0.1, 0.15) is 18.0 Å². The zero-order valence-corrected chi connectivity index (χ0v) is 7.94. The molecule has 0 radical (unpaired) electrons. The third-order valence-corrected chi connectivity index (χ3v) is 2.12. The fraction of sp³-hybridized carbons (Fsp3) is 0.300. The molecule has 0 N–H and O–H groups in total. The molecule has 0 saturated carbocycles. The van der Waals surface area contributed by atoms with E-state index in [0.29, 0.717) is 5.56 Å². The number of nitrogens with zero attached hydrogens (tertiary/aromatic N) is 4. The topological polar surface area (TPSA) is 54.5 Å². The maximum absolute atomic E-state index is 8.90. The smallest absolute Gasteiger partial charge is 0.144 e. The molecule has 14 heavy (non-hydrogen) atoms. The van der Waals surface area contributed by atoms with Gasteiger partial charge in [0.05, 0.1) is 10.9 Å². The summed E-state index contributed by atoms with van der Waals surface area (Å²) in [6.07, 6.45) is 6.06. The van der Waals surface area contributed by atoms with Gasteiger partial charge < -0.3 is 4.57 Å². The van der Waals surface area contributed by atoms with Gasteiger partial charge in [-0.25, -0.2) is 9.97 Å². The van der Waals surface area contributed by atoms with Gasteiger partial charge in [0.2, 0.25) is 0 Å². The van der Waals surface area contributed by atoms with Crippen LogP contribution in [0.25, 0.3) is 11.0 Å². The number of nitriles is 1. The molecule has 4 nitrogen and oxygen atoms in total. The largest absolute Gasteiger partial charge is 0.331 e. The van der Waals surface area contributed by atoms with E-state index in [0.717, 1.165) is 24.0 Å². The van der Waals surface area contributed by atoms with E-state index in [-0.39, 0.29) is 0 Å². The minimum Gasteiger partial charge on any atom is -0.331 e. The Morgan fingerprint density at radius 3 is 3.14 bits per heavy atom. The van der Waals surface area contributed by atoms with Gasteiger partial charge >= 0.3 is 0 Å². The van der Waals surface area contributed by atoms with Gasteiger partial charge in [-0.2, -0.15) is 5.26 Å². The predicted molar refractivity (Wildman–Crippen MR) is 52.5 cm³/mol. The first-order valence-corrected chi connectivity index (χ1v) is 4.55. The number of aryl methyl sites for hydroxylation is 1. The molecule has 0 aliphatic heterocycles. The summed E-state index contributed by atoms with van der Waals surface area (Å²) in [6.45, 7) is 2.98. The van der Waals surface area contributed by atoms with Gasteiger partial charge in [0.25, 0.3) is 0 Å². The van der Waals surface area contributed by atoms with Crippen molar-refractivity contribution in [3.63, 3.8) is 0 Å². The van der Waals surface area contributed by atoms with Crippen molar-refractivity contribution >= 4 is 11.0 Å². The summed E-state index contributed by atoms with van der Waals surface area (Å²) in [5, 5.41) is 9.73. The molecule has 2 rings (SSSR count). The van der Waals surface area contributed by atoms with E-state index in [1.54, 1.807) is 6.20 Å². The Labute approximate surface area is 81.8 Å². The van der Waals surface area contributed by atoms with Gasteiger partial charge in [0.15, 0.2) is 0 Å². The number of aromatic nitrogens is 3. The van der Waals surface area contributed by atoms with E-state index < -0.39 is 0 Å². The summed E-state index contributed by atoms with van der Waals surface area (Å²) in [7, 11) is 0. The van der Waals surface area contributed by atoms with Crippen molar-refractivity contribution in [1.29, 1.82) is 5.26 Å². The molecule has 0 aromatic carbocycles. The molecule has 0 aliphatic carbocycles. The maximum atomic E-state index is 8.90. The normalized spacial score (nSPS) is 10.3. The lowest BCUT2D eigenvalue weighted by molar-refractivity contribution is 0.696. The van der Waals surface area contributed by atoms with E-state index in [4.69, 9.17) is 5.26 Å². The highest BCUT2D eigenvalue weighted by Crippen LogP contribution is 2.17. The summed E-state index contributed by atoms with van der Waals surface area (Å²) in [4.78, 5) is 8.09. The minimum atomic E-state index is 0.647. The Kier molecular flexibility index (Phi) is 2.15. The molecular formula is C10H10N4. The molecule has 2 aromatic rings. The zero-order chi connectivity index (χ0) is 9.97. The van der Waals surface area contributed by atoms with Crippen LogP contribution in [-0.2, 0) is 6.54 Å². The van der Waals surface area contributed by atoms with Crippen molar-refractivity contribution in [1.82, 2.24) is 14.5 Å². The van der Waals surface area contributed by atoms with Crippen LogP contribution in [0.1, 0.15) is 18.9 Å². The van der Waals surface area contributed by atoms with Gasteiger partial charge in [0, 0.05) is 18.9 Å². The molecule has 2 aromatic heterocycles. The van der Waals surface area contributed by atoms with Crippen LogP contribution in [0.4, 0.5) is 0 Å². The zero-order valence-electron chi connectivity index (χ0n) is 7.94. The number of rotatable bonds is 2. The summed E-state index contributed by atoms with van der Waals surface area (Å²) in [5.41, 5.74) is 1.49. The fourth-order valence-corrected chi connectivity index (χ4v) is 1.53. The van der Waals surface area contributed by atoms with Crippen LogP contribution in [-0.4, -0.2) is 14.5 Å². The highest BCUT2D eigenvalue weighted by atomic mass is 15.0.